The van der Waals surface area contributed by atoms with Crippen LogP contribution < -0.4 is 34.7 Å². The fraction of sp³-hybridized carbons (Fsp3) is 0.824. The van der Waals surface area contributed by atoms with Crippen molar-refractivity contribution in [3.8, 4) is 0 Å². The normalized spacial score (nSPS) is 9.65. The van der Waals surface area contributed by atoms with E-state index in [4.69, 9.17) is 14.2 Å². The zero-order chi connectivity index (χ0) is 19.3. The Morgan fingerprint density at radius 3 is 1.58 bits per heavy atom. The van der Waals surface area contributed by atoms with Gasteiger partial charge in [-0.3, -0.25) is 9.59 Å². The van der Waals surface area contributed by atoms with Gasteiger partial charge in [0.2, 0.25) is 0 Å². The summed E-state index contributed by atoms with van der Waals surface area (Å²) in [6.07, 6.45) is 3.18. The molecular formula is C17H31NaO8. The van der Waals surface area contributed by atoms with Crippen molar-refractivity contribution < 1.29 is 68.0 Å². The van der Waals surface area contributed by atoms with Gasteiger partial charge in [-0.25, -0.2) is 0 Å². The van der Waals surface area contributed by atoms with E-state index in [9.17, 15) is 19.5 Å². The molecule has 0 spiro atoms. The summed E-state index contributed by atoms with van der Waals surface area (Å²) in [4.78, 5) is 31.5. The van der Waals surface area contributed by atoms with Crippen LogP contribution in [-0.4, -0.2) is 71.4 Å². The van der Waals surface area contributed by atoms with Gasteiger partial charge >= 0.3 is 29.6 Å². The number of ether oxygens (including phenoxy) is 4. The van der Waals surface area contributed by atoms with E-state index in [1.165, 1.54) is 14.2 Å². The van der Waals surface area contributed by atoms with Crippen molar-refractivity contribution in [2.45, 2.75) is 39.0 Å². The average Bonchev–Trinajstić information content (AvgIpc) is 2.57. The molecule has 0 bridgehead atoms. The largest absolute Gasteiger partial charge is 1.00 e. The van der Waals surface area contributed by atoms with E-state index in [2.05, 4.69) is 4.74 Å². The van der Waals surface area contributed by atoms with Gasteiger partial charge in [0.05, 0.1) is 25.8 Å². The Morgan fingerprint density at radius 1 is 0.769 bits per heavy atom. The number of hydrogen-bond donors (Lipinski definition) is 0. The second-order valence-electron chi connectivity index (χ2n) is 5.10. The molecule has 0 rings (SSSR count). The summed E-state index contributed by atoms with van der Waals surface area (Å²) in [6, 6.07) is 0. The number of carbonyl (C=O) groups excluding carboxylic acids is 3. The molecule has 0 heterocycles. The quantitative estimate of drug-likeness (QED) is 0.206. The number of carboxylic acids is 1. The van der Waals surface area contributed by atoms with Crippen molar-refractivity contribution in [1.82, 2.24) is 0 Å². The molecule has 0 amide bonds. The van der Waals surface area contributed by atoms with Crippen LogP contribution in [0.4, 0.5) is 0 Å². The molecule has 0 unspecified atom stereocenters. The maximum Gasteiger partial charge on any atom is 1.00 e. The first kappa shape index (κ1) is 30.4. The molecule has 0 aromatic rings. The van der Waals surface area contributed by atoms with Crippen molar-refractivity contribution in [3.05, 3.63) is 0 Å². The molecule has 0 aromatic carbocycles. The van der Waals surface area contributed by atoms with Gasteiger partial charge in [0.1, 0.15) is 12.4 Å². The van der Waals surface area contributed by atoms with E-state index >= 15 is 0 Å². The molecule has 0 atom stereocenters. The smallest absolute Gasteiger partial charge is 0.548 e. The predicted octanol–water partition coefficient (Wildman–Crippen LogP) is -2.84. The van der Waals surface area contributed by atoms with Crippen LogP contribution in [0, 0.1) is 0 Å². The third-order valence-electron chi connectivity index (χ3n) is 2.82. The van der Waals surface area contributed by atoms with E-state index in [0.717, 1.165) is 6.42 Å². The van der Waals surface area contributed by atoms with Crippen LogP contribution in [0.1, 0.15) is 39.0 Å². The van der Waals surface area contributed by atoms with Crippen LogP contribution in [0.3, 0.4) is 0 Å². The van der Waals surface area contributed by atoms with Crippen LogP contribution in [0.2, 0.25) is 0 Å². The van der Waals surface area contributed by atoms with Crippen molar-refractivity contribution in [3.63, 3.8) is 0 Å². The Morgan fingerprint density at radius 2 is 1.23 bits per heavy atom. The third kappa shape index (κ3) is 28.5. The molecule has 0 radical (unpaired) electrons. The number of ketones is 2. The summed E-state index contributed by atoms with van der Waals surface area (Å²) in [6.45, 7) is 3.95. The van der Waals surface area contributed by atoms with Gasteiger partial charge in [0, 0.05) is 46.7 Å². The Labute approximate surface area is 178 Å². The Hall–Kier alpha value is -0.350. The van der Waals surface area contributed by atoms with Crippen LogP contribution in [0.25, 0.3) is 0 Å². The fourth-order valence-electron chi connectivity index (χ4n) is 1.59. The third-order valence-corrected chi connectivity index (χ3v) is 2.82. The Kier molecular flexibility index (Phi) is 28.8. The minimum absolute atomic E-state index is 0. The summed E-state index contributed by atoms with van der Waals surface area (Å²) in [7, 11) is 2.82. The number of carbonyl (C=O) groups is 3. The average molecular weight is 386 g/mol. The van der Waals surface area contributed by atoms with Crippen LogP contribution in [-0.2, 0) is 33.3 Å². The van der Waals surface area contributed by atoms with Crippen molar-refractivity contribution >= 4 is 17.5 Å². The van der Waals surface area contributed by atoms with Gasteiger partial charge in [-0.05, 0) is 12.8 Å². The molecule has 0 aliphatic heterocycles. The molecule has 0 fully saturated rings. The standard InChI is InChI=1S/C14H26O5.C3H6O3.Na/c1-3-13(15)6-4-8-18-10-11-19-9-5-7-14(16)12-17-2;1-6-2-3(4)5;/h3-12H2,1-2H3;2H2,1H3,(H,4,5);/q;;+1/p-1. The molecule has 0 aliphatic carbocycles. The Balaban J connectivity index is -0.000000649. The van der Waals surface area contributed by atoms with Crippen LogP contribution in [0.15, 0.2) is 0 Å². The molecule has 0 saturated heterocycles. The number of hydrogen-bond acceptors (Lipinski definition) is 8. The van der Waals surface area contributed by atoms with Crippen molar-refractivity contribution in [1.29, 1.82) is 0 Å². The molecule has 0 N–H and O–H groups in total. The fourth-order valence-corrected chi connectivity index (χ4v) is 1.59. The summed E-state index contributed by atoms with van der Waals surface area (Å²) in [5.41, 5.74) is 0. The first-order chi connectivity index (χ1) is 12.0. The molecule has 148 valence electrons. The monoisotopic (exact) mass is 386 g/mol. The Bertz CT molecular complexity index is 350. The van der Waals surface area contributed by atoms with Gasteiger partial charge in [-0.15, -0.1) is 0 Å². The van der Waals surface area contributed by atoms with E-state index in [1.807, 2.05) is 6.92 Å². The number of Topliss-reactive ketones (excluding diaryl/α,β-unsaturated/α-hetero) is 2. The van der Waals surface area contributed by atoms with E-state index in [1.54, 1.807) is 0 Å². The molecule has 0 aliphatic rings. The van der Waals surface area contributed by atoms with Crippen LogP contribution in [0.5, 0.6) is 0 Å². The minimum atomic E-state index is -1.18. The van der Waals surface area contributed by atoms with Gasteiger partial charge in [0.15, 0.2) is 5.78 Å². The summed E-state index contributed by atoms with van der Waals surface area (Å²) >= 11 is 0. The van der Waals surface area contributed by atoms with Gasteiger partial charge in [-0.2, -0.15) is 0 Å². The summed E-state index contributed by atoms with van der Waals surface area (Å²) in [5.74, 6) is -0.805. The van der Waals surface area contributed by atoms with Gasteiger partial charge < -0.3 is 28.8 Å². The topological polar surface area (TPSA) is 111 Å². The van der Waals surface area contributed by atoms with E-state index in [-0.39, 0.29) is 54.3 Å². The molecule has 26 heavy (non-hydrogen) atoms. The number of aliphatic carboxylic acids is 1. The second-order valence-corrected chi connectivity index (χ2v) is 5.10. The maximum absolute atomic E-state index is 11.1. The zero-order valence-corrected chi connectivity index (χ0v) is 18.5. The molecule has 9 heteroatoms. The number of rotatable bonds is 16. The van der Waals surface area contributed by atoms with Gasteiger partial charge in [0.25, 0.3) is 0 Å². The SMILES string of the molecule is CCC(=O)CCCOCCOCCCC(=O)COC.COCC(=O)[O-].[Na+]. The molecular weight excluding hydrogens is 355 g/mol. The predicted molar refractivity (Wildman–Crippen MR) is 89.2 cm³/mol. The number of carboxylic acid groups (broad SMARTS) is 1. The summed E-state index contributed by atoms with van der Waals surface area (Å²) < 4.78 is 19.5. The van der Waals surface area contributed by atoms with Crippen molar-refractivity contribution in [2.75, 3.05) is 53.9 Å². The van der Waals surface area contributed by atoms with Crippen LogP contribution >= 0.6 is 0 Å². The van der Waals surface area contributed by atoms with Crippen molar-refractivity contribution in [2.24, 2.45) is 0 Å². The first-order valence-corrected chi connectivity index (χ1v) is 8.34. The number of methoxy groups -OCH3 is 2. The first-order valence-electron chi connectivity index (χ1n) is 8.34. The molecule has 0 saturated carbocycles. The zero-order valence-electron chi connectivity index (χ0n) is 16.5. The van der Waals surface area contributed by atoms with E-state index < -0.39 is 5.97 Å². The minimum Gasteiger partial charge on any atom is -0.548 e. The maximum atomic E-state index is 11.1. The molecule has 8 nitrogen and oxygen atoms in total. The second kappa shape index (κ2) is 24.7. The van der Waals surface area contributed by atoms with E-state index in [0.29, 0.717) is 52.1 Å². The molecule has 0 aromatic heterocycles. The summed E-state index contributed by atoms with van der Waals surface area (Å²) in [5, 5.41) is 9.36. The van der Waals surface area contributed by atoms with Gasteiger partial charge in [-0.1, -0.05) is 6.92 Å².